The van der Waals surface area contributed by atoms with Crippen molar-refractivity contribution in [2.24, 2.45) is 0 Å². The first-order valence-corrected chi connectivity index (χ1v) is 7.22. The van der Waals surface area contributed by atoms with Crippen molar-refractivity contribution in [1.82, 2.24) is 4.98 Å². The fourth-order valence-corrected chi connectivity index (χ4v) is 2.63. The maximum Gasteiger partial charge on any atom is 0.228 e. The molecular formula is C15H14NO4S-. The molecule has 1 aromatic carbocycles. The molecule has 0 aliphatic rings. The van der Waals surface area contributed by atoms with Gasteiger partial charge in [-0.25, -0.2) is 4.98 Å². The van der Waals surface area contributed by atoms with E-state index < -0.39 is 5.97 Å². The number of carbonyl (C=O) groups excluding carboxylic acids is 2. The van der Waals surface area contributed by atoms with Gasteiger partial charge in [-0.05, 0) is 25.0 Å². The summed E-state index contributed by atoms with van der Waals surface area (Å²) in [5.41, 5.74) is 2.24. The molecule has 0 spiro atoms. The fourth-order valence-electron chi connectivity index (χ4n) is 1.89. The molecule has 0 N–H and O–H groups in total. The minimum atomic E-state index is -1.22. The zero-order chi connectivity index (χ0) is 15.4. The number of aryl methyl sites for hydroxylation is 2. The quantitative estimate of drug-likeness (QED) is 0.752. The van der Waals surface area contributed by atoms with Gasteiger partial charge in [0.05, 0.1) is 5.69 Å². The van der Waals surface area contributed by atoms with Crippen molar-refractivity contribution >= 4 is 23.1 Å². The Bertz CT molecular complexity index is 658. The lowest BCUT2D eigenvalue weighted by atomic mass is 10.1. The highest BCUT2D eigenvalue weighted by Gasteiger charge is 2.13. The number of rotatable bonds is 6. The highest BCUT2D eigenvalue weighted by atomic mass is 32.1. The molecule has 0 aliphatic heterocycles. The highest BCUT2D eigenvalue weighted by Crippen LogP contribution is 2.22. The van der Waals surface area contributed by atoms with Crippen LogP contribution in [0.1, 0.15) is 26.6 Å². The molecule has 5 nitrogen and oxygen atoms in total. The van der Waals surface area contributed by atoms with E-state index >= 15 is 0 Å². The number of nitrogens with zero attached hydrogens (tertiary/aromatic N) is 1. The number of ether oxygens (including phenoxy) is 1. The van der Waals surface area contributed by atoms with Crippen molar-refractivity contribution in [3.8, 4) is 5.75 Å². The highest BCUT2D eigenvalue weighted by molar-refractivity contribution is 7.11. The van der Waals surface area contributed by atoms with Gasteiger partial charge in [-0.2, -0.15) is 0 Å². The molecule has 0 bridgehead atoms. The Morgan fingerprint density at radius 3 is 2.57 bits per heavy atom. The van der Waals surface area contributed by atoms with Crippen LogP contribution in [0, 0.1) is 13.8 Å². The van der Waals surface area contributed by atoms with E-state index in [-0.39, 0.29) is 23.8 Å². The topological polar surface area (TPSA) is 79.3 Å². The molecule has 0 atom stereocenters. The Morgan fingerprint density at radius 2 is 1.95 bits per heavy atom. The van der Waals surface area contributed by atoms with Gasteiger partial charge in [0.1, 0.15) is 5.75 Å². The number of aromatic nitrogens is 1. The molecule has 0 fully saturated rings. The second kappa shape index (κ2) is 6.49. The van der Waals surface area contributed by atoms with Crippen molar-refractivity contribution in [3.63, 3.8) is 0 Å². The predicted octanol–water partition coefficient (Wildman–Crippen LogP) is 1.31. The van der Waals surface area contributed by atoms with Crippen molar-refractivity contribution in [1.29, 1.82) is 0 Å². The van der Waals surface area contributed by atoms with E-state index in [1.54, 1.807) is 5.38 Å². The molecule has 1 aromatic heterocycles. The second-order valence-electron chi connectivity index (χ2n) is 4.63. The molecule has 2 aromatic rings. The SMILES string of the molecule is Cc1cccc(C)c1OCC(=O)c1nc(CC(=O)[O-])cs1. The van der Waals surface area contributed by atoms with Crippen molar-refractivity contribution in [3.05, 3.63) is 45.4 Å². The van der Waals surface area contributed by atoms with Gasteiger partial charge in [0.15, 0.2) is 11.6 Å². The molecule has 0 saturated carbocycles. The third-order valence-corrected chi connectivity index (χ3v) is 3.80. The number of benzene rings is 1. The van der Waals surface area contributed by atoms with Crippen LogP contribution in [-0.4, -0.2) is 23.3 Å². The third-order valence-electron chi connectivity index (χ3n) is 2.87. The average molecular weight is 304 g/mol. The summed E-state index contributed by atoms with van der Waals surface area (Å²) in [6.45, 7) is 3.70. The number of carboxylic acids is 1. The number of para-hydroxylation sites is 1. The van der Waals surface area contributed by atoms with Crippen LogP contribution in [0.3, 0.4) is 0 Å². The molecule has 0 unspecified atom stereocenters. The summed E-state index contributed by atoms with van der Waals surface area (Å²) in [5.74, 6) is -0.796. The zero-order valence-electron chi connectivity index (χ0n) is 11.7. The van der Waals surface area contributed by atoms with E-state index in [2.05, 4.69) is 4.98 Å². The van der Waals surface area contributed by atoms with E-state index in [4.69, 9.17) is 4.74 Å². The molecule has 110 valence electrons. The number of thiazole rings is 1. The van der Waals surface area contributed by atoms with E-state index in [1.807, 2.05) is 32.0 Å². The van der Waals surface area contributed by atoms with Gasteiger partial charge in [0, 0.05) is 17.8 Å². The molecular weight excluding hydrogens is 290 g/mol. The number of carboxylic acid groups (broad SMARTS) is 1. The van der Waals surface area contributed by atoms with Gasteiger partial charge in [0.2, 0.25) is 5.78 Å². The Hall–Kier alpha value is -2.21. The van der Waals surface area contributed by atoms with Crippen molar-refractivity contribution < 1.29 is 19.4 Å². The first kappa shape index (κ1) is 15.2. The maximum absolute atomic E-state index is 12.0. The smallest absolute Gasteiger partial charge is 0.228 e. The van der Waals surface area contributed by atoms with Crippen molar-refractivity contribution in [2.75, 3.05) is 6.61 Å². The Morgan fingerprint density at radius 1 is 1.29 bits per heavy atom. The zero-order valence-corrected chi connectivity index (χ0v) is 12.5. The summed E-state index contributed by atoms with van der Waals surface area (Å²) in [5, 5.41) is 12.3. The fraction of sp³-hybridized carbons (Fsp3) is 0.267. The van der Waals surface area contributed by atoms with Gasteiger partial charge >= 0.3 is 0 Å². The number of Topliss-reactive ketones (excluding diaryl/α,β-unsaturated/α-hetero) is 1. The lowest BCUT2D eigenvalue weighted by molar-refractivity contribution is -0.304. The van der Waals surface area contributed by atoms with Crippen LogP contribution in [0.25, 0.3) is 0 Å². The molecule has 2 rings (SSSR count). The average Bonchev–Trinajstić information content (AvgIpc) is 2.85. The summed E-state index contributed by atoms with van der Waals surface area (Å²) in [7, 11) is 0. The van der Waals surface area contributed by atoms with Gasteiger partial charge in [-0.15, -0.1) is 11.3 Å². The summed E-state index contributed by atoms with van der Waals surface area (Å²) in [4.78, 5) is 26.5. The maximum atomic E-state index is 12.0. The first-order valence-electron chi connectivity index (χ1n) is 6.34. The predicted molar refractivity (Wildman–Crippen MR) is 76.6 cm³/mol. The summed E-state index contributed by atoms with van der Waals surface area (Å²) in [6, 6.07) is 5.74. The summed E-state index contributed by atoms with van der Waals surface area (Å²) in [6.07, 6.45) is -0.290. The van der Waals surface area contributed by atoms with Crippen molar-refractivity contribution in [2.45, 2.75) is 20.3 Å². The molecule has 0 amide bonds. The first-order chi connectivity index (χ1) is 9.97. The third kappa shape index (κ3) is 3.88. The Labute approximate surface area is 126 Å². The number of aliphatic carboxylic acids is 1. The second-order valence-corrected chi connectivity index (χ2v) is 5.48. The van der Waals surface area contributed by atoms with E-state index in [0.29, 0.717) is 11.4 Å². The molecule has 0 aliphatic carbocycles. The largest absolute Gasteiger partial charge is 0.550 e. The Balaban J connectivity index is 2.02. The van der Waals surface area contributed by atoms with Gasteiger partial charge in [-0.1, -0.05) is 18.2 Å². The minimum absolute atomic E-state index is 0.121. The van der Waals surface area contributed by atoms with Crippen LogP contribution in [0.5, 0.6) is 5.75 Å². The molecule has 1 heterocycles. The molecule has 21 heavy (non-hydrogen) atoms. The number of ketones is 1. The van der Waals surface area contributed by atoms with Crippen LogP contribution in [0.4, 0.5) is 0 Å². The van der Waals surface area contributed by atoms with Crippen LogP contribution < -0.4 is 9.84 Å². The van der Waals surface area contributed by atoms with Gasteiger partial charge < -0.3 is 14.6 Å². The lowest BCUT2D eigenvalue weighted by Crippen LogP contribution is -2.24. The monoisotopic (exact) mass is 304 g/mol. The van der Waals surface area contributed by atoms with Gasteiger partial charge in [0.25, 0.3) is 0 Å². The molecule has 6 heteroatoms. The standard InChI is InChI=1S/C15H15NO4S/c1-9-4-3-5-10(2)14(9)20-7-12(17)15-16-11(8-21-15)6-13(18)19/h3-5,8H,6-7H2,1-2H3,(H,18,19)/p-1. The molecule has 0 saturated heterocycles. The number of hydrogen-bond donors (Lipinski definition) is 0. The number of hydrogen-bond acceptors (Lipinski definition) is 6. The van der Waals surface area contributed by atoms with E-state index in [0.717, 1.165) is 22.5 Å². The number of carbonyl (C=O) groups is 2. The van der Waals surface area contributed by atoms with E-state index in [9.17, 15) is 14.7 Å². The lowest BCUT2D eigenvalue weighted by Gasteiger charge is -2.10. The minimum Gasteiger partial charge on any atom is -0.550 e. The normalized spacial score (nSPS) is 10.4. The summed E-state index contributed by atoms with van der Waals surface area (Å²) < 4.78 is 5.56. The van der Waals surface area contributed by atoms with Crippen LogP contribution >= 0.6 is 11.3 Å². The molecule has 0 radical (unpaired) electrons. The Kier molecular flexibility index (Phi) is 4.70. The van der Waals surface area contributed by atoms with Crippen LogP contribution in [0.2, 0.25) is 0 Å². The van der Waals surface area contributed by atoms with Gasteiger partial charge in [-0.3, -0.25) is 4.79 Å². The van der Waals surface area contributed by atoms with Crippen LogP contribution in [-0.2, 0) is 11.2 Å². The summed E-state index contributed by atoms with van der Waals surface area (Å²) >= 11 is 1.11. The van der Waals surface area contributed by atoms with Crippen LogP contribution in [0.15, 0.2) is 23.6 Å². The van der Waals surface area contributed by atoms with E-state index in [1.165, 1.54) is 0 Å².